The van der Waals surface area contributed by atoms with Crippen LogP contribution in [0, 0.1) is 23.2 Å². The van der Waals surface area contributed by atoms with Gasteiger partial charge >= 0.3 is 0 Å². The molecule has 1 aliphatic heterocycles. The van der Waals surface area contributed by atoms with E-state index in [1.807, 2.05) is 26.1 Å². The molecule has 0 amide bonds. The van der Waals surface area contributed by atoms with E-state index in [-0.39, 0.29) is 23.2 Å². The Balaban J connectivity index is 2.11. The highest BCUT2D eigenvalue weighted by atomic mass is 16.1. The van der Waals surface area contributed by atoms with Gasteiger partial charge in [-0.05, 0) is 23.8 Å². The summed E-state index contributed by atoms with van der Waals surface area (Å²) < 4.78 is 0. The lowest BCUT2D eigenvalue weighted by Crippen LogP contribution is -2.28. The Kier molecular flexibility index (Phi) is 4.65. The third kappa shape index (κ3) is 4.03. The molecule has 0 spiro atoms. The molecule has 0 aromatic heterocycles. The average molecular weight is 285 g/mol. The summed E-state index contributed by atoms with van der Waals surface area (Å²) in [5, 5.41) is 0. The molecule has 0 fully saturated rings. The van der Waals surface area contributed by atoms with Crippen molar-refractivity contribution in [1.29, 1.82) is 0 Å². The molecule has 1 unspecified atom stereocenters. The summed E-state index contributed by atoms with van der Waals surface area (Å²) in [5.74, 6) is 0.832. The molecule has 1 aliphatic carbocycles. The van der Waals surface area contributed by atoms with E-state index in [0.717, 1.165) is 18.6 Å². The summed E-state index contributed by atoms with van der Waals surface area (Å²) >= 11 is 0. The first kappa shape index (κ1) is 15.9. The fourth-order valence-electron chi connectivity index (χ4n) is 3.14. The van der Waals surface area contributed by atoms with Crippen molar-refractivity contribution in [2.24, 2.45) is 28.2 Å². The van der Waals surface area contributed by atoms with E-state index in [2.05, 4.69) is 44.0 Å². The highest BCUT2D eigenvalue weighted by Crippen LogP contribution is 2.33. The number of rotatable bonds is 5. The second kappa shape index (κ2) is 6.13. The van der Waals surface area contributed by atoms with Crippen molar-refractivity contribution in [3.8, 4) is 0 Å². The van der Waals surface area contributed by atoms with Crippen LogP contribution in [0.5, 0.6) is 0 Å². The molecule has 0 N–H and O–H groups in total. The molecule has 0 saturated carbocycles. The number of allylic oxidation sites excluding steroid dienone is 5. The summed E-state index contributed by atoms with van der Waals surface area (Å²) in [6.45, 7) is 10.6. The van der Waals surface area contributed by atoms with Crippen LogP contribution >= 0.6 is 0 Å². The van der Waals surface area contributed by atoms with Crippen LogP contribution in [0.4, 0.5) is 0 Å². The molecule has 2 rings (SSSR count). The van der Waals surface area contributed by atoms with Crippen molar-refractivity contribution >= 4 is 11.5 Å². The van der Waals surface area contributed by atoms with Gasteiger partial charge in [-0.2, -0.15) is 0 Å². The summed E-state index contributed by atoms with van der Waals surface area (Å²) in [6.07, 6.45) is 12.1. The lowest BCUT2D eigenvalue weighted by molar-refractivity contribution is -0.126. The Morgan fingerprint density at radius 2 is 2.00 bits per heavy atom. The first-order valence-electron chi connectivity index (χ1n) is 7.93. The van der Waals surface area contributed by atoms with Crippen LogP contribution < -0.4 is 0 Å². The van der Waals surface area contributed by atoms with Crippen LogP contribution in [-0.4, -0.2) is 11.5 Å². The van der Waals surface area contributed by atoms with Gasteiger partial charge in [0.2, 0.25) is 0 Å². The van der Waals surface area contributed by atoms with Gasteiger partial charge in [-0.25, -0.2) is 0 Å². The van der Waals surface area contributed by atoms with E-state index < -0.39 is 0 Å². The fraction of sp³-hybridized carbons (Fsp3) is 0.579. The van der Waals surface area contributed by atoms with E-state index in [4.69, 9.17) is 0 Å². The molecule has 1 heterocycles. The largest absolute Gasteiger partial charge is 0.299 e. The minimum atomic E-state index is 0.0795. The minimum Gasteiger partial charge on any atom is -0.299 e. The molecule has 0 saturated heterocycles. The maximum Gasteiger partial charge on any atom is 0.138 e. The molecular formula is C19H27NO. The van der Waals surface area contributed by atoms with Crippen LogP contribution in [0.1, 0.15) is 47.5 Å². The first-order chi connectivity index (χ1) is 9.78. The predicted molar refractivity (Wildman–Crippen MR) is 89.3 cm³/mol. The van der Waals surface area contributed by atoms with Crippen LogP contribution in [0.25, 0.3) is 0 Å². The Morgan fingerprint density at radius 1 is 1.29 bits per heavy atom. The van der Waals surface area contributed by atoms with Gasteiger partial charge in [0.15, 0.2) is 0 Å². The van der Waals surface area contributed by atoms with Crippen molar-refractivity contribution in [2.45, 2.75) is 47.5 Å². The highest BCUT2D eigenvalue weighted by molar-refractivity contribution is 5.97. The van der Waals surface area contributed by atoms with Gasteiger partial charge in [0.1, 0.15) is 5.78 Å². The Hall–Kier alpha value is -1.44. The highest BCUT2D eigenvalue weighted by Gasteiger charge is 2.31. The number of carbonyl (C=O) groups excluding carboxylic acids is 1. The summed E-state index contributed by atoms with van der Waals surface area (Å²) in [5.41, 5.74) is 2.56. The Bertz CT molecular complexity index is 526. The topological polar surface area (TPSA) is 29.4 Å². The van der Waals surface area contributed by atoms with E-state index in [0.29, 0.717) is 5.78 Å². The van der Waals surface area contributed by atoms with Crippen molar-refractivity contribution in [2.75, 3.05) is 0 Å². The van der Waals surface area contributed by atoms with Crippen LogP contribution in [0.15, 0.2) is 41.1 Å². The number of Topliss-reactive ketones (excluding diaryl/α,β-unsaturated/α-hetero) is 1. The van der Waals surface area contributed by atoms with E-state index in [1.165, 1.54) is 5.57 Å². The van der Waals surface area contributed by atoms with Gasteiger partial charge < -0.3 is 0 Å². The molecule has 0 aromatic rings. The molecule has 21 heavy (non-hydrogen) atoms. The maximum atomic E-state index is 12.6. The van der Waals surface area contributed by atoms with Crippen LogP contribution in [0.2, 0.25) is 0 Å². The number of hydrogen-bond donors (Lipinski definition) is 0. The van der Waals surface area contributed by atoms with Crippen molar-refractivity contribution in [3.05, 3.63) is 36.1 Å². The quantitative estimate of drug-likeness (QED) is 0.717. The van der Waals surface area contributed by atoms with Gasteiger partial charge in [-0.1, -0.05) is 58.9 Å². The number of fused-ring (bicyclic) bond motifs is 1. The second-order valence-corrected chi connectivity index (χ2v) is 7.69. The number of ketones is 1. The van der Waals surface area contributed by atoms with Crippen molar-refractivity contribution in [1.82, 2.24) is 0 Å². The Labute approximate surface area is 128 Å². The van der Waals surface area contributed by atoms with Gasteiger partial charge in [-0.3, -0.25) is 9.79 Å². The van der Waals surface area contributed by atoms with Gasteiger partial charge in [0.25, 0.3) is 0 Å². The third-order valence-electron chi connectivity index (χ3n) is 4.09. The first-order valence-corrected chi connectivity index (χ1v) is 7.93. The van der Waals surface area contributed by atoms with Crippen LogP contribution in [0.3, 0.4) is 0 Å². The lowest BCUT2D eigenvalue weighted by Gasteiger charge is -2.27. The molecule has 114 valence electrons. The zero-order valence-electron chi connectivity index (χ0n) is 13.9. The van der Waals surface area contributed by atoms with Crippen molar-refractivity contribution in [3.63, 3.8) is 0 Å². The smallest absolute Gasteiger partial charge is 0.138 e. The molecule has 0 aromatic carbocycles. The normalized spacial score (nSPS) is 22.1. The lowest BCUT2D eigenvalue weighted by atomic mass is 9.76. The SMILES string of the molecule is CC(C)C(=O)[C@H](CC1=NC=C2C=CC=CC21)CC(C)(C)C. The van der Waals surface area contributed by atoms with E-state index in [1.54, 1.807) is 0 Å². The number of hydrogen-bond acceptors (Lipinski definition) is 2. The molecule has 2 nitrogen and oxygen atoms in total. The molecule has 2 heteroatoms. The van der Waals surface area contributed by atoms with Gasteiger partial charge in [0.05, 0.1) is 0 Å². The van der Waals surface area contributed by atoms with Gasteiger partial charge in [0, 0.05) is 29.7 Å². The van der Waals surface area contributed by atoms with Crippen molar-refractivity contribution < 1.29 is 4.79 Å². The average Bonchev–Trinajstić information content (AvgIpc) is 2.79. The van der Waals surface area contributed by atoms with Gasteiger partial charge in [-0.15, -0.1) is 0 Å². The molecule has 0 bridgehead atoms. The number of carbonyl (C=O) groups is 1. The number of nitrogens with zero attached hydrogens (tertiary/aromatic N) is 1. The standard InChI is InChI=1S/C19H27NO/c1-13(2)18(21)15(11-19(3,4)5)10-17-16-9-7-6-8-14(16)12-20-17/h6-9,12-13,15-16H,10-11H2,1-5H3/t15-,16?/m1/s1. The van der Waals surface area contributed by atoms with E-state index >= 15 is 0 Å². The molecule has 2 aliphatic rings. The molecule has 0 radical (unpaired) electrons. The Morgan fingerprint density at radius 3 is 2.62 bits per heavy atom. The zero-order chi connectivity index (χ0) is 15.6. The zero-order valence-corrected chi connectivity index (χ0v) is 13.9. The third-order valence-corrected chi connectivity index (χ3v) is 4.09. The fourth-order valence-corrected chi connectivity index (χ4v) is 3.14. The predicted octanol–water partition coefficient (Wildman–Crippen LogP) is 4.73. The molecule has 2 atom stereocenters. The second-order valence-electron chi connectivity index (χ2n) is 7.69. The van der Waals surface area contributed by atoms with Crippen LogP contribution in [-0.2, 0) is 4.79 Å². The maximum absolute atomic E-state index is 12.6. The monoisotopic (exact) mass is 285 g/mol. The molecular weight excluding hydrogens is 258 g/mol. The summed E-state index contributed by atoms with van der Waals surface area (Å²) in [6, 6.07) is 0. The summed E-state index contributed by atoms with van der Waals surface area (Å²) in [4.78, 5) is 17.2. The summed E-state index contributed by atoms with van der Waals surface area (Å²) in [7, 11) is 0. The number of aliphatic imine (C=N–C) groups is 1. The van der Waals surface area contributed by atoms with E-state index in [9.17, 15) is 4.79 Å². The minimum absolute atomic E-state index is 0.0795.